The smallest absolute Gasteiger partial charge is 0.135 e. The molecule has 0 bridgehead atoms. The number of aromatic nitrogens is 2. The first-order valence-corrected chi connectivity index (χ1v) is 30.9. The predicted octanol–water partition coefficient (Wildman–Crippen LogP) is 23.0. The number of ether oxygens (including phenoxy) is 1. The van der Waals surface area contributed by atoms with Crippen LogP contribution in [0.1, 0.15) is 147 Å². The van der Waals surface area contributed by atoms with Crippen molar-refractivity contribution < 1.29 is 34.3 Å². The van der Waals surface area contributed by atoms with Gasteiger partial charge in [-0.05, 0) is 144 Å². The number of para-hydroxylation sites is 3. The van der Waals surface area contributed by atoms with Gasteiger partial charge in [0.1, 0.15) is 17.0 Å². The van der Waals surface area contributed by atoms with Gasteiger partial charge in [0.05, 0.1) is 0 Å². The van der Waals surface area contributed by atoms with E-state index in [9.17, 15) is 4.11 Å². The summed E-state index contributed by atoms with van der Waals surface area (Å²) in [5, 5.41) is 3.83. The van der Waals surface area contributed by atoms with E-state index in [2.05, 4.69) is 277 Å². The summed E-state index contributed by atoms with van der Waals surface area (Å²) in [7, 11) is 0. The van der Waals surface area contributed by atoms with Gasteiger partial charge in [0.2, 0.25) is 0 Å². The van der Waals surface area contributed by atoms with Crippen molar-refractivity contribution in [2.24, 2.45) is 0 Å². The van der Waals surface area contributed by atoms with Crippen molar-refractivity contribution in [1.82, 2.24) is 9.55 Å². The van der Waals surface area contributed by atoms with Gasteiger partial charge in [-0.15, -0.1) is 47.7 Å². The molecule has 12 aromatic rings. The Morgan fingerprint density at radius 1 is 0.506 bits per heavy atom. The zero-order valence-electron chi connectivity index (χ0n) is 57.2. The zero-order chi connectivity index (χ0) is 64.6. The standard InChI is InChI=1S/C82H81N4O2.Pt/c1-50-40-66(52-26-30-55(31-27-52)78(3,4)5)76(67(41-50)53-28-32-56(33-29-53)79(6,7)8)85-49-84(68-23-19-20-24-69(68)85)60-46-65(54-42-58(81(12,13)14)44-59(43-54)82(15,16)17)51(2)73(47-60)87-61-34-35-64-71(48-61)86(74-45-57(38-39-83-74)80(9,10)11)70-37-36-63-62-22-18-21-25-72(62)88-77(63)75(64)70;/h18-46,49H,1-17H3;/q-3;/i2D3;. The number of furan rings is 1. The van der Waals surface area contributed by atoms with E-state index >= 15 is 0 Å². The summed E-state index contributed by atoms with van der Waals surface area (Å²) in [6, 6.07) is 67.6. The van der Waals surface area contributed by atoms with Crippen molar-refractivity contribution in [2.45, 2.75) is 145 Å². The Bertz CT molecular complexity index is 4730. The van der Waals surface area contributed by atoms with Crippen LogP contribution in [0.3, 0.4) is 0 Å². The van der Waals surface area contributed by atoms with Crippen LogP contribution in [0.15, 0.2) is 180 Å². The van der Waals surface area contributed by atoms with Gasteiger partial charge in [0, 0.05) is 87.4 Å². The van der Waals surface area contributed by atoms with Crippen molar-refractivity contribution in [3.63, 3.8) is 0 Å². The number of hydrogen-bond donors (Lipinski definition) is 0. The Balaban J connectivity index is 0.00000816. The quantitative estimate of drug-likeness (QED) is 0.142. The van der Waals surface area contributed by atoms with Gasteiger partial charge in [-0.2, -0.15) is 6.07 Å². The molecule has 0 aliphatic carbocycles. The third-order valence-corrected chi connectivity index (χ3v) is 17.7. The second-order valence-electron chi connectivity index (χ2n) is 29.4. The van der Waals surface area contributed by atoms with Crippen LogP contribution in [0, 0.1) is 32.6 Å². The SMILES string of the molecule is [2H]C([2H])([2H])c1c(Oc2[c-]c3c(cc2)c2c4oc5ccccc5c4ccc2n3-c2cc(C(C)(C)C)ccn2)[c-]c(N2[CH-]N(c3c(-c4ccc(C(C)(C)C)cc4)cc(C)cc3-c3ccc(C(C)(C)C)cc3)c3ccccc32)cc1-c1cc(C(C)(C)C)cc(C(C)(C)C)c1.[Pt]. The second kappa shape index (κ2) is 22.1. The third kappa shape index (κ3) is 11.2. The largest absolute Gasteiger partial charge is 0.509 e. The fraction of sp³-hybridized carbons (Fsp3) is 0.268. The average molecular weight is 1350 g/mol. The summed E-state index contributed by atoms with van der Waals surface area (Å²) >= 11 is 0. The maximum Gasteiger partial charge on any atom is 0.135 e. The van der Waals surface area contributed by atoms with Gasteiger partial charge < -0.3 is 23.5 Å². The summed E-state index contributed by atoms with van der Waals surface area (Å²) in [5.74, 6) is 1.08. The Hall–Kier alpha value is -8.18. The van der Waals surface area contributed by atoms with Crippen LogP contribution in [0.4, 0.5) is 22.7 Å². The van der Waals surface area contributed by atoms with E-state index in [4.69, 9.17) is 14.1 Å². The van der Waals surface area contributed by atoms with Gasteiger partial charge in [-0.25, -0.2) is 4.98 Å². The molecule has 3 aromatic heterocycles. The first-order valence-electron chi connectivity index (χ1n) is 32.4. The summed E-state index contributed by atoms with van der Waals surface area (Å²) in [6.07, 6.45) is 1.86. The van der Waals surface area contributed by atoms with Crippen molar-refractivity contribution in [3.8, 4) is 50.7 Å². The zero-order valence-corrected chi connectivity index (χ0v) is 56.5. The maximum atomic E-state index is 9.60. The molecule has 4 heterocycles. The van der Waals surface area contributed by atoms with E-state index in [1.807, 2.05) is 42.6 Å². The molecule has 6 nitrogen and oxygen atoms in total. The van der Waals surface area contributed by atoms with E-state index in [0.29, 0.717) is 28.3 Å². The van der Waals surface area contributed by atoms with Crippen molar-refractivity contribution >= 4 is 66.5 Å². The molecule has 0 amide bonds. The molecule has 0 saturated heterocycles. The van der Waals surface area contributed by atoms with Crippen LogP contribution < -0.4 is 14.5 Å². The molecule has 1 aliphatic rings. The number of rotatable bonds is 8. The summed E-state index contributed by atoms with van der Waals surface area (Å²) in [4.78, 5) is 9.47. The molecule has 89 heavy (non-hydrogen) atoms. The van der Waals surface area contributed by atoms with Crippen molar-refractivity contribution in [1.29, 1.82) is 0 Å². The molecule has 7 heteroatoms. The predicted molar refractivity (Wildman–Crippen MR) is 371 cm³/mol. The average Bonchev–Trinajstić information content (AvgIpc) is 1.54. The van der Waals surface area contributed by atoms with E-state index in [-0.39, 0.29) is 59.5 Å². The van der Waals surface area contributed by atoms with Crippen LogP contribution in [-0.4, -0.2) is 9.55 Å². The van der Waals surface area contributed by atoms with Crippen LogP contribution in [-0.2, 0) is 48.1 Å². The van der Waals surface area contributed by atoms with Crippen molar-refractivity contribution in [2.75, 3.05) is 9.80 Å². The minimum Gasteiger partial charge on any atom is -0.509 e. The molecular formula is C82H81N4O2Pt-3. The number of fused-ring (bicyclic) bond motifs is 8. The minimum atomic E-state index is -2.68. The molecule has 13 rings (SSSR count). The fourth-order valence-electron chi connectivity index (χ4n) is 12.5. The van der Waals surface area contributed by atoms with Crippen LogP contribution >= 0.6 is 0 Å². The molecule has 0 saturated carbocycles. The third-order valence-electron chi connectivity index (χ3n) is 17.7. The van der Waals surface area contributed by atoms with Gasteiger partial charge in [-0.1, -0.05) is 219 Å². The summed E-state index contributed by atoms with van der Waals surface area (Å²) in [5.41, 5.74) is 18.4. The number of aryl methyl sites for hydroxylation is 1. The number of nitrogens with zero attached hydrogens (tertiary/aromatic N) is 4. The molecule has 0 N–H and O–H groups in total. The van der Waals surface area contributed by atoms with E-state index in [1.54, 1.807) is 0 Å². The molecule has 0 atom stereocenters. The van der Waals surface area contributed by atoms with Gasteiger partial charge in [-0.3, -0.25) is 0 Å². The topological polar surface area (TPSA) is 46.7 Å². The van der Waals surface area contributed by atoms with Crippen LogP contribution in [0.2, 0.25) is 0 Å². The Morgan fingerprint density at radius 3 is 1.65 bits per heavy atom. The molecule has 1 aliphatic heterocycles. The molecule has 454 valence electrons. The second-order valence-corrected chi connectivity index (χ2v) is 29.4. The van der Waals surface area contributed by atoms with Gasteiger partial charge >= 0.3 is 0 Å². The fourth-order valence-corrected chi connectivity index (χ4v) is 12.5. The van der Waals surface area contributed by atoms with E-state index in [0.717, 1.165) is 105 Å². The first-order chi connectivity index (χ1) is 42.8. The number of anilines is 4. The monoisotopic (exact) mass is 1350 g/mol. The number of pyridine rings is 1. The van der Waals surface area contributed by atoms with Crippen LogP contribution in [0.25, 0.3) is 82.9 Å². The maximum absolute atomic E-state index is 9.60. The number of hydrogen-bond acceptors (Lipinski definition) is 5. The Labute approximate surface area is 546 Å². The van der Waals surface area contributed by atoms with E-state index in [1.165, 1.54) is 11.1 Å². The molecule has 0 radical (unpaired) electrons. The molecule has 0 fully saturated rings. The molecule has 9 aromatic carbocycles. The van der Waals surface area contributed by atoms with Crippen LogP contribution in [0.5, 0.6) is 11.5 Å². The Morgan fingerprint density at radius 2 is 1.07 bits per heavy atom. The first kappa shape index (κ1) is 57.3. The minimum absolute atomic E-state index is 0. The summed E-state index contributed by atoms with van der Waals surface area (Å²) in [6.45, 7) is 35.0. The summed E-state index contributed by atoms with van der Waals surface area (Å²) < 4.78 is 44.9. The van der Waals surface area contributed by atoms with Gasteiger partial charge in [0.25, 0.3) is 0 Å². The van der Waals surface area contributed by atoms with E-state index < -0.39 is 6.85 Å². The normalized spacial score (nSPS) is 13.9. The molecule has 0 unspecified atom stereocenters. The number of benzene rings is 9. The van der Waals surface area contributed by atoms with Crippen molar-refractivity contribution in [3.05, 3.63) is 234 Å². The molecule has 0 spiro atoms. The Kier molecular flexibility index (Phi) is 14.2. The van der Waals surface area contributed by atoms with Gasteiger partial charge in [0.15, 0.2) is 0 Å². The molecular weight excluding hydrogens is 1270 g/mol.